The molecule has 0 radical (unpaired) electrons. The van der Waals surface area contributed by atoms with E-state index >= 15 is 0 Å². The van der Waals surface area contributed by atoms with E-state index in [4.69, 9.17) is 9.78 Å². The summed E-state index contributed by atoms with van der Waals surface area (Å²) in [4.78, 5) is 8.48. The molecule has 2 heterocycles. The number of nitrogens with one attached hydrogen (secondary N) is 1. The third-order valence-electron chi connectivity index (χ3n) is 2.96. The van der Waals surface area contributed by atoms with Crippen LogP contribution in [-0.4, -0.2) is 15.1 Å². The third kappa shape index (κ3) is 2.98. The van der Waals surface area contributed by atoms with Crippen LogP contribution in [0.4, 0.5) is 0 Å². The Labute approximate surface area is 126 Å². The van der Waals surface area contributed by atoms with Crippen molar-refractivity contribution in [2.45, 2.75) is 17.6 Å². The van der Waals surface area contributed by atoms with Gasteiger partial charge in [0.05, 0.1) is 11.3 Å². The highest BCUT2D eigenvalue weighted by atomic mass is 32.2. The normalized spacial score (nSPS) is 10.5. The lowest BCUT2D eigenvalue weighted by atomic mass is 10.2. The number of aromatic nitrogens is 3. The summed E-state index contributed by atoms with van der Waals surface area (Å²) in [7, 11) is 0. The average molecular weight is 296 g/mol. The predicted octanol–water partition coefficient (Wildman–Crippen LogP) is 3.54. The first-order chi connectivity index (χ1) is 10.3. The van der Waals surface area contributed by atoms with E-state index in [0.29, 0.717) is 28.7 Å². The van der Waals surface area contributed by atoms with Crippen molar-refractivity contribution in [2.75, 3.05) is 0 Å². The zero-order valence-electron chi connectivity index (χ0n) is 11.3. The van der Waals surface area contributed by atoms with Gasteiger partial charge in [-0.15, -0.1) is 11.8 Å². The van der Waals surface area contributed by atoms with Gasteiger partial charge in [0.25, 0.3) is 5.89 Å². The minimum absolute atomic E-state index is 0.400. The summed E-state index contributed by atoms with van der Waals surface area (Å²) in [5, 5.41) is 12.8. The molecule has 104 valence electrons. The molecular weight excluding hydrogens is 284 g/mol. The van der Waals surface area contributed by atoms with Gasteiger partial charge in [-0.05, 0) is 24.6 Å². The Morgan fingerprint density at radius 2 is 2.24 bits per heavy atom. The van der Waals surface area contributed by atoms with Gasteiger partial charge in [0.2, 0.25) is 0 Å². The number of benzene rings is 1. The van der Waals surface area contributed by atoms with Crippen LogP contribution in [0.3, 0.4) is 0 Å². The zero-order chi connectivity index (χ0) is 14.7. The summed E-state index contributed by atoms with van der Waals surface area (Å²) in [6.45, 7) is 2.08. The van der Waals surface area contributed by atoms with E-state index in [9.17, 15) is 0 Å². The van der Waals surface area contributed by atoms with E-state index < -0.39 is 0 Å². The molecule has 0 aliphatic carbocycles. The van der Waals surface area contributed by atoms with Crippen LogP contribution in [0.5, 0.6) is 0 Å². The van der Waals surface area contributed by atoms with Crippen molar-refractivity contribution in [3.63, 3.8) is 0 Å². The van der Waals surface area contributed by atoms with Crippen LogP contribution < -0.4 is 0 Å². The number of hydrogen-bond donors (Lipinski definition) is 1. The predicted molar refractivity (Wildman–Crippen MR) is 79.5 cm³/mol. The fourth-order valence-electron chi connectivity index (χ4n) is 1.87. The van der Waals surface area contributed by atoms with E-state index in [1.54, 1.807) is 24.0 Å². The maximum Gasteiger partial charge on any atom is 0.274 e. The van der Waals surface area contributed by atoms with Crippen LogP contribution in [0.2, 0.25) is 0 Å². The molecule has 0 saturated carbocycles. The Bertz CT molecular complexity index is 800. The molecule has 0 atom stereocenters. The van der Waals surface area contributed by atoms with E-state index in [0.717, 1.165) is 0 Å². The minimum Gasteiger partial charge on any atom is -0.356 e. The summed E-state index contributed by atoms with van der Waals surface area (Å²) >= 11 is 1.67. The third-order valence-corrected chi connectivity index (χ3v) is 4.13. The Hall–Kier alpha value is -2.52. The molecule has 0 aliphatic rings. The van der Waals surface area contributed by atoms with Crippen LogP contribution >= 0.6 is 11.8 Å². The molecule has 3 rings (SSSR count). The van der Waals surface area contributed by atoms with Gasteiger partial charge >= 0.3 is 0 Å². The van der Waals surface area contributed by atoms with Gasteiger partial charge in [-0.2, -0.15) is 10.2 Å². The highest BCUT2D eigenvalue weighted by Gasteiger charge is 2.11. The maximum absolute atomic E-state index is 8.80. The Balaban J connectivity index is 1.71. The van der Waals surface area contributed by atoms with Gasteiger partial charge in [-0.3, -0.25) is 0 Å². The second-order valence-corrected chi connectivity index (χ2v) is 5.50. The molecule has 0 spiro atoms. The quantitative estimate of drug-likeness (QED) is 0.745. The van der Waals surface area contributed by atoms with Gasteiger partial charge in [0, 0.05) is 11.1 Å². The highest BCUT2D eigenvalue weighted by molar-refractivity contribution is 7.98. The minimum atomic E-state index is 0.400. The van der Waals surface area contributed by atoms with Crippen molar-refractivity contribution >= 4 is 11.8 Å². The van der Waals surface area contributed by atoms with Crippen molar-refractivity contribution in [3.05, 3.63) is 53.5 Å². The number of rotatable bonds is 4. The first-order valence-electron chi connectivity index (χ1n) is 6.36. The molecule has 0 unspecified atom stereocenters. The smallest absolute Gasteiger partial charge is 0.274 e. The number of nitrogens with zero attached hydrogens (tertiary/aromatic N) is 3. The second kappa shape index (κ2) is 5.85. The van der Waals surface area contributed by atoms with Crippen molar-refractivity contribution in [1.82, 2.24) is 15.1 Å². The first-order valence-corrected chi connectivity index (χ1v) is 7.35. The SMILES string of the molecule is Cc1ccccc1SCc1noc(-c2cc(C#N)c[nH]2)n1. The highest BCUT2D eigenvalue weighted by Crippen LogP contribution is 2.25. The van der Waals surface area contributed by atoms with Gasteiger partial charge in [0.1, 0.15) is 11.8 Å². The van der Waals surface area contributed by atoms with Crippen LogP contribution in [0.15, 0.2) is 45.9 Å². The fourth-order valence-corrected chi connectivity index (χ4v) is 2.74. The summed E-state index contributed by atoms with van der Waals surface area (Å²) in [5.41, 5.74) is 2.43. The molecule has 0 fully saturated rings. The van der Waals surface area contributed by atoms with Crippen molar-refractivity contribution in [1.29, 1.82) is 5.26 Å². The number of H-pyrrole nitrogens is 1. The summed E-state index contributed by atoms with van der Waals surface area (Å²) in [5.74, 6) is 1.67. The molecule has 0 amide bonds. The van der Waals surface area contributed by atoms with E-state index in [1.807, 2.05) is 12.1 Å². The largest absolute Gasteiger partial charge is 0.356 e. The topological polar surface area (TPSA) is 78.5 Å². The molecule has 5 nitrogen and oxygen atoms in total. The van der Waals surface area contributed by atoms with Gasteiger partial charge < -0.3 is 9.51 Å². The number of hydrogen-bond acceptors (Lipinski definition) is 5. The van der Waals surface area contributed by atoms with E-state index in [-0.39, 0.29) is 0 Å². The molecular formula is C15H12N4OS. The van der Waals surface area contributed by atoms with Crippen LogP contribution in [-0.2, 0) is 5.75 Å². The number of aromatic amines is 1. The van der Waals surface area contributed by atoms with Gasteiger partial charge in [-0.25, -0.2) is 0 Å². The Kier molecular flexibility index (Phi) is 3.75. The Morgan fingerprint density at radius 3 is 3.00 bits per heavy atom. The Morgan fingerprint density at radius 1 is 1.38 bits per heavy atom. The van der Waals surface area contributed by atoms with Crippen LogP contribution in [0, 0.1) is 18.3 Å². The molecule has 1 aromatic carbocycles. The van der Waals surface area contributed by atoms with Gasteiger partial charge in [0.15, 0.2) is 5.82 Å². The van der Waals surface area contributed by atoms with Crippen LogP contribution in [0.25, 0.3) is 11.6 Å². The molecule has 0 bridgehead atoms. The second-order valence-electron chi connectivity index (χ2n) is 4.48. The molecule has 2 aromatic heterocycles. The van der Waals surface area contributed by atoms with Gasteiger partial charge in [-0.1, -0.05) is 23.4 Å². The summed E-state index contributed by atoms with van der Waals surface area (Å²) in [6, 6.07) is 11.9. The summed E-state index contributed by atoms with van der Waals surface area (Å²) < 4.78 is 5.21. The first kappa shape index (κ1) is 13.5. The zero-order valence-corrected chi connectivity index (χ0v) is 12.1. The van der Waals surface area contributed by atoms with Crippen molar-refractivity contribution in [2.24, 2.45) is 0 Å². The molecule has 6 heteroatoms. The monoisotopic (exact) mass is 296 g/mol. The summed E-state index contributed by atoms with van der Waals surface area (Å²) in [6.07, 6.45) is 1.61. The molecule has 21 heavy (non-hydrogen) atoms. The lowest BCUT2D eigenvalue weighted by Gasteiger charge is -2.01. The molecule has 0 aliphatic heterocycles. The van der Waals surface area contributed by atoms with Crippen molar-refractivity contribution < 1.29 is 4.52 Å². The maximum atomic E-state index is 8.80. The lowest BCUT2D eigenvalue weighted by Crippen LogP contribution is -1.85. The van der Waals surface area contributed by atoms with E-state index in [2.05, 4.69) is 40.3 Å². The fraction of sp³-hybridized carbons (Fsp3) is 0.133. The average Bonchev–Trinajstić information content (AvgIpc) is 3.15. The number of aryl methyl sites for hydroxylation is 1. The number of nitriles is 1. The van der Waals surface area contributed by atoms with E-state index in [1.165, 1.54) is 10.5 Å². The molecule has 1 N–H and O–H groups in total. The molecule has 0 saturated heterocycles. The number of thioether (sulfide) groups is 1. The lowest BCUT2D eigenvalue weighted by molar-refractivity contribution is 0.424. The standard InChI is InChI=1S/C15H12N4OS/c1-10-4-2-3-5-13(10)21-9-14-18-15(20-19-14)12-6-11(7-16)8-17-12/h2-6,8,17H,9H2,1H3. The van der Waals surface area contributed by atoms with Crippen LogP contribution in [0.1, 0.15) is 17.0 Å². The van der Waals surface area contributed by atoms with Crippen molar-refractivity contribution in [3.8, 4) is 17.7 Å². The molecule has 3 aromatic rings.